The number of rotatable bonds is 5. The lowest BCUT2D eigenvalue weighted by Gasteiger charge is -2.18. The molecule has 0 radical (unpaired) electrons. The van der Waals surface area contributed by atoms with Gasteiger partial charge in [0.2, 0.25) is 5.91 Å². The first-order chi connectivity index (χ1) is 12.5. The number of benzene rings is 2. The Morgan fingerprint density at radius 3 is 2.65 bits per heavy atom. The van der Waals surface area contributed by atoms with Crippen molar-refractivity contribution >= 4 is 29.3 Å². The Bertz CT molecular complexity index is 870. The van der Waals surface area contributed by atoms with Crippen LogP contribution in [0, 0.1) is 10.1 Å². The summed E-state index contributed by atoms with van der Waals surface area (Å²) in [4.78, 5) is 34.9. The molecule has 0 bridgehead atoms. The van der Waals surface area contributed by atoms with Crippen molar-refractivity contribution in [1.29, 1.82) is 0 Å². The van der Waals surface area contributed by atoms with Gasteiger partial charge in [0.1, 0.15) is 13.2 Å². The van der Waals surface area contributed by atoms with Crippen molar-refractivity contribution in [3.8, 4) is 11.5 Å². The van der Waals surface area contributed by atoms with Crippen LogP contribution in [-0.2, 0) is 4.79 Å². The highest BCUT2D eigenvalue weighted by molar-refractivity contribution is 8.00. The lowest BCUT2D eigenvalue weighted by Crippen LogP contribution is -2.31. The molecule has 0 atom stereocenters. The summed E-state index contributed by atoms with van der Waals surface area (Å²) in [5.41, 5.74) is -0.160. The van der Waals surface area contributed by atoms with Crippen LogP contribution in [0.4, 0.5) is 5.69 Å². The molecule has 0 aromatic heterocycles. The minimum Gasteiger partial charge on any atom is -0.486 e. The van der Waals surface area contributed by atoms with Crippen LogP contribution >= 0.6 is 11.8 Å². The van der Waals surface area contributed by atoms with E-state index in [1.807, 2.05) is 0 Å². The van der Waals surface area contributed by atoms with Crippen LogP contribution in [0.3, 0.4) is 0 Å². The number of hydrogen-bond acceptors (Lipinski definition) is 7. The monoisotopic (exact) mass is 374 g/mol. The maximum atomic E-state index is 12.0. The number of hydrogen-bond donors (Lipinski definition) is 1. The second kappa shape index (κ2) is 7.87. The lowest BCUT2D eigenvalue weighted by atomic mass is 10.2. The minimum absolute atomic E-state index is 0.0142. The van der Waals surface area contributed by atoms with Gasteiger partial charge in [-0.2, -0.15) is 0 Å². The number of nitrogens with zero attached hydrogens (tertiary/aromatic N) is 1. The molecule has 8 nitrogen and oxygen atoms in total. The molecular weight excluding hydrogens is 360 g/mol. The summed E-state index contributed by atoms with van der Waals surface area (Å²) in [6, 6.07) is 10.5. The fourth-order valence-corrected chi connectivity index (χ4v) is 2.98. The average Bonchev–Trinajstić information content (AvgIpc) is 2.66. The van der Waals surface area contributed by atoms with Crippen LogP contribution in [0.1, 0.15) is 10.4 Å². The molecule has 9 heteroatoms. The summed E-state index contributed by atoms with van der Waals surface area (Å²) in [5.74, 6) is 0.114. The van der Waals surface area contributed by atoms with E-state index in [1.54, 1.807) is 18.2 Å². The molecule has 1 N–H and O–H groups in total. The molecule has 0 unspecified atom stereocenters. The zero-order chi connectivity index (χ0) is 18.5. The molecule has 1 aliphatic heterocycles. The number of thioether (sulfide) groups is 1. The molecule has 1 heterocycles. The van der Waals surface area contributed by atoms with Crippen LogP contribution in [0.15, 0.2) is 47.4 Å². The first-order valence-electron chi connectivity index (χ1n) is 7.64. The number of nitrogens with one attached hydrogen (secondary N) is 1. The van der Waals surface area contributed by atoms with Crippen LogP contribution in [-0.4, -0.2) is 35.7 Å². The number of carbonyl (C=O) groups excluding carboxylic acids is 2. The van der Waals surface area contributed by atoms with Gasteiger partial charge in [-0.25, -0.2) is 0 Å². The molecule has 134 valence electrons. The van der Waals surface area contributed by atoms with E-state index in [2.05, 4.69) is 5.32 Å². The number of ether oxygens (including phenoxy) is 2. The first-order valence-corrected chi connectivity index (χ1v) is 8.62. The van der Waals surface area contributed by atoms with E-state index in [1.165, 1.54) is 30.0 Å². The number of carbonyl (C=O) groups is 2. The smallest absolute Gasteiger partial charge is 0.270 e. The zero-order valence-corrected chi connectivity index (χ0v) is 14.3. The third-order valence-electron chi connectivity index (χ3n) is 3.46. The predicted molar refractivity (Wildman–Crippen MR) is 93.7 cm³/mol. The van der Waals surface area contributed by atoms with Gasteiger partial charge in [-0.05, 0) is 24.3 Å². The fourth-order valence-electron chi connectivity index (χ4n) is 2.26. The number of nitro benzene ring substituents is 1. The van der Waals surface area contributed by atoms with Gasteiger partial charge in [0.15, 0.2) is 11.5 Å². The molecular formula is C17H14N2O6S. The summed E-state index contributed by atoms with van der Waals surface area (Å²) in [6.45, 7) is 0.973. The SMILES string of the molecule is O=C(CSc1ccc2c(c1)OCCO2)NC(=O)c1cccc([N+](=O)[O-])c1. The van der Waals surface area contributed by atoms with Crippen LogP contribution in [0.5, 0.6) is 11.5 Å². The Morgan fingerprint density at radius 1 is 1.12 bits per heavy atom. The second-order valence-corrected chi connectivity index (χ2v) is 6.33. The zero-order valence-electron chi connectivity index (χ0n) is 13.5. The Morgan fingerprint density at radius 2 is 1.88 bits per heavy atom. The highest BCUT2D eigenvalue weighted by atomic mass is 32.2. The lowest BCUT2D eigenvalue weighted by molar-refractivity contribution is -0.384. The summed E-state index contributed by atoms with van der Waals surface area (Å²) >= 11 is 1.24. The van der Waals surface area contributed by atoms with Gasteiger partial charge in [0.05, 0.1) is 10.7 Å². The highest BCUT2D eigenvalue weighted by Gasteiger charge is 2.15. The van der Waals surface area contributed by atoms with Gasteiger partial charge in [0.25, 0.3) is 11.6 Å². The number of non-ortho nitro benzene ring substituents is 1. The van der Waals surface area contributed by atoms with Crippen molar-refractivity contribution in [2.24, 2.45) is 0 Å². The standard InChI is InChI=1S/C17H14N2O6S/c20-16(18-17(21)11-2-1-3-12(8-11)19(22)23)10-26-13-4-5-14-15(9-13)25-7-6-24-14/h1-5,8-9H,6-7,10H2,(H,18,20,21). The highest BCUT2D eigenvalue weighted by Crippen LogP contribution is 2.34. The largest absolute Gasteiger partial charge is 0.486 e. The Hall–Kier alpha value is -3.07. The van der Waals surface area contributed by atoms with Crippen LogP contribution in [0.25, 0.3) is 0 Å². The third kappa shape index (κ3) is 4.31. The minimum atomic E-state index is -0.679. The number of nitro groups is 1. The van der Waals surface area contributed by atoms with E-state index in [0.717, 1.165) is 11.0 Å². The van der Waals surface area contributed by atoms with Crippen molar-refractivity contribution in [3.63, 3.8) is 0 Å². The molecule has 2 aromatic rings. The number of imide groups is 1. The molecule has 2 aromatic carbocycles. The van der Waals surface area contributed by atoms with Crippen LogP contribution < -0.4 is 14.8 Å². The number of fused-ring (bicyclic) bond motifs is 1. The molecule has 0 saturated heterocycles. The topological polar surface area (TPSA) is 108 Å². The molecule has 2 amide bonds. The maximum Gasteiger partial charge on any atom is 0.270 e. The van der Waals surface area contributed by atoms with Gasteiger partial charge < -0.3 is 9.47 Å². The molecule has 1 aliphatic rings. The predicted octanol–water partition coefficient (Wildman–Crippen LogP) is 2.41. The first kappa shape index (κ1) is 17.7. The van der Waals surface area contributed by atoms with Gasteiger partial charge in [-0.15, -0.1) is 11.8 Å². The summed E-state index contributed by atoms with van der Waals surface area (Å²) in [5, 5.41) is 13.0. The van der Waals surface area contributed by atoms with Crippen molar-refractivity contribution in [2.45, 2.75) is 4.90 Å². The van der Waals surface area contributed by atoms with E-state index in [0.29, 0.717) is 24.7 Å². The second-order valence-electron chi connectivity index (χ2n) is 5.28. The Balaban J connectivity index is 1.56. The Kier molecular flexibility index (Phi) is 5.37. The molecule has 0 aliphatic carbocycles. The van der Waals surface area contributed by atoms with Gasteiger partial charge in [0, 0.05) is 22.6 Å². The fraction of sp³-hybridized carbons (Fsp3) is 0.176. The number of amides is 2. The average molecular weight is 374 g/mol. The summed E-state index contributed by atoms with van der Waals surface area (Å²) in [7, 11) is 0. The van der Waals surface area contributed by atoms with Gasteiger partial charge in [-0.3, -0.25) is 25.0 Å². The van der Waals surface area contributed by atoms with Crippen molar-refractivity contribution in [1.82, 2.24) is 5.32 Å². The maximum absolute atomic E-state index is 12.0. The van der Waals surface area contributed by atoms with Crippen molar-refractivity contribution in [3.05, 3.63) is 58.1 Å². The van der Waals surface area contributed by atoms with E-state index in [9.17, 15) is 19.7 Å². The van der Waals surface area contributed by atoms with Gasteiger partial charge >= 0.3 is 0 Å². The molecule has 26 heavy (non-hydrogen) atoms. The van der Waals surface area contributed by atoms with Crippen molar-refractivity contribution < 1.29 is 24.0 Å². The summed E-state index contributed by atoms with van der Waals surface area (Å²) < 4.78 is 10.9. The van der Waals surface area contributed by atoms with Gasteiger partial charge in [-0.1, -0.05) is 6.07 Å². The molecule has 0 fully saturated rings. The molecule has 0 saturated carbocycles. The summed E-state index contributed by atoms with van der Waals surface area (Å²) in [6.07, 6.45) is 0. The normalized spacial score (nSPS) is 12.3. The van der Waals surface area contributed by atoms with E-state index in [-0.39, 0.29) is 17.0 Å². The molecule has 3 rings (SSSR count). The van der Waals surface area contributed by atoms with E-state index < -0.39 is 16.7 Å². The Labute approximate surface area is 152 Å². The third-order valence-corrected chi connectivity index (χ3v) is 4.45. The van der Waals surface area contributed by atoms with Crippen LogP contribution in [0.2, 0.25) is 0 Å². The van der Waals surface area contributed by atoms with Crippen molar-refractivity contribution in [2.75, 3.05) is 19.0 Å². The van der Waals surface area contributed by atoms with E-state index >= 15 is 0 Å². The quantitative estimate of drug-likeness (QED) is 0.486. The van der Waals surface area contributed by atoms with E-state index in [4.69, 9.17) is 9.47 Å². The molecule has 0 spiro atoms.